The van der Waals surface area contributed by atoms with Crippen molar-refractivity contribution in [2.24, 2.45) is 0 Å². The summed E-state index contributed by atoms with van der Waals surface area (Å²) in [5, 5.41) is 9.12. The molecule has 0 unspecified atom stereocenters. The fraction of sp³-hybridized carbons (Fsp3) is 0.0909. The van der Waals surface area contributed by atoms with E-state index in [4.69, 9.17) is 5.26 Å². The van der Waals surface area contributed by atoms with Gasteiger partial charge in [0.05, 0.1) is 0 Å². The fourth-order valence-electron chi connectivity index (χ4n) is 1.39. The van der Waals surface area contributed by atoms with E-state index < -0.39 is 12.1 Å². The Morgan fingerprint density at radius 2 is 1.94 bits per heavy atom. The number of benzene rings is 1. The van der Waals surface area contributed by atoms with Crippen LogP contribution in [0.4, 0.5) is 13.2 Å². The number of nitrogens with zero attached hydrogens (tertiary/aromatic N) is 2. The molecule has 0 spiro atoms. The highest BCUT2D eigenvalue weighted by atomic mass is 19.4. The lowest BCUT2D eigenvalue weighted by molar-refractivity contribution is -0.274. The Balaban J connectivity index is 2.59. The van der Waals surface area contributed by atoms with Gasteiger partial charge in [-0.05, 0) is 18.2 Å². The van der Waals surface area contributed by atoms with Gasteiger partial charge < -0.3 is 4.74 Å². The number of pyridine rings is 1. The molecule has 1 heterocycles. The lowest BCUT2D eigenvalue weighted by Crippen LogP contribution is -2.17. The molecule has 3 nitrogen and oxygen atoms in total. The summed E-state index contributed by atoms with van der Waals surface area (Å²) in [7, 11) is 0. The Hall–Kier alpha value is -2.29. The highest BCUT2D eigenvalue weighted by Crippen LogP contribution is 2.29. The van der Waals surface area contributed by atoms with E-state index in [1.165, 1.54) is 18.2 Å². The Morgan fingerprint density at radius 1 is 1.18 bits per heavy atom. The zero-order chi connectivity index (χ0) is 12.5. The lowest BCUT2D eigenvalue weighted by atomic mass is 10.2. The highest BCUT2D eigenvalue weighted by molar-refractivity contribution is 5.84. The summed E-state index contributed by atoms with van der Waals surface area (Å²) in [4.78, 5) is 3.79. The van der Waals surface area contributed by atoms with Gasteiger partial charge in [0.2, 0.25) is 0 Å². The third-order valence-corrected chi connectivity index (χ3v) is 2.02. The van der Waals surface area contributed by atoms with Crippen LogP contribution < -0.4 is 4.74 Å². The van der Waals surface area contributed by atoms with Crippen molar-refractivity contribution in [2.45, 2.75) is 6.36 Å². The molecule has 6 heteroatoms. The smallest absolute Gasteiger partial charge is 0.403 e. The van der Waals surface area contributed by atoms with Crippen molar-refractivity contribution in [3.05, 3.63) is 36.0 Å². The largest absolute Gasteiger partial charge is 0.573 e. The summed E-state index contributed by atoms with van der Waals surface area (Å²) in [6.45, 7) is 0. The number of rotatable bonds is 1. The Labute approximate surface area is 94.1 Å². The number of aromatic nitrogens is 1. The minimum Gasteiger partial charge on any atom is -0.403 e. The molecule has 17 heavy (non-hydrogen) atoms. The Kier molecular flexibility index (Phi) is 2.60. The molecule has 0 saturated heterocycles. The molecule has 1 aromatic heterocycles. The van der Waals surface area contributed by atoms with Gasteiger partial charge in [0, 0.05) is 5.39 Å². The first-order valence-corrected chi connectivity index (χ1v) is 4.55. The molecular formula is C11H5F3N2O. The summed E-state index contributed by atoms with van der Waals surface area (Å²) in [5.41, 5.74) is 0.0552. The molecule has 0 aliphatic rings. The number of nitriles is 1. The second-order valence-electron chi connectivity index (χ2n) is 3.18. The second kappa shape index (κ2) is 3.94. The van der Waals surface area contributed by atoms with Crippen LogP contribution in [0.1, 0.15) is 5.69 Å². The SMILES string of the molecule is N#Cc1ccc2cccc(OC(F)(F)F)c2n1. The van der Waals surface area contributed by atoms with Gasteiger partial charge in [-0.1, -0.05) is 12.1 Å². The Bertz CT molecular complexity index is 602. The number of para-hydroxylation sites is 1. The van der Waals surface area contributed by atoms with E-state index in [2.05, 4.69) is 9.72 Å². The van der Waals surface area contributed by atoms with E-state index in [1.54, 1.807) is 12.1 Å². The van der Waals surface area contributed by atoms with E-state index >= 15 is 0 Å². The summed E-state index contributed by atoms with van der Waals surface area (Å²) < 4.78 is 40.3. The van der Waals surface area contributed by atoms with Crippen LogP contribution in [0, 0.1) is 11.3 Å². The molecule has 86 valence electrons. The predicted octanol–water partition coefficient (Wildman–Crippen LogP) is 3.01. The number of fused-ring (bicyclic) bond motifs is 1. The van der Waals surface area contributed by atoms with Crippen LogP contribution in [-0.4, -0.2) is 11.3 Å². The minimum atomic E-state index is -4.78. The first-order valence-electron chi connectivity index (χ1n) is 4.55. The monoisotopic (exact) mass is 238 g/mol. The van der Waals surface area contributed by atoms with Crippen molar-refractivity contribution in [1.29, 1.82) is 5.26 Å². The van der Waals surface area contributed by atoms with E-state index in [0.29, 0.717) is 5.39 Å². The standard InChI is InChI=1S/C11H5F3N2O/c12-11(13,14)17-9-3-1-2-7-4-5-8(6-15)16-10(7)9/h1-5H. The van der Waals surface area contributed by atoms with Gasteiger partial charge in [0.1, 0.15) is 17.3 Å². The maximum Gasteiger partial charge on any atom is 0.573 e. The topological polar surface area (TPSA) is 45.9 Å². The molecule has 0 atom stereocenters. The maximum atomic E-state index is 12.1. The van der Waals surface area contributed by atoms with E-state index in [9.17, 15) is 13.2 Å². The van der Waals surface area contributed by atoms with Crippen molar-refractivity contribution in [3.63, 3.8) is 0 Å². The van der Waals surface area contributed by atoms with Crippen LogP contribution in [0.5, 0.6) is 5.75 Å². The summed E-state index contributed by atoms with van der Waals surface area (Å²) in [5.74, 6) is -0.410. The summed E-state index contributed by atoms with van der Waals surface area (Å²) in [6, 6.07) is 8.88. The molecule has 0 aliphatic heterocycles. The van der Waals surface area contributed by atoms with Crippen LogP contribution in [0.25, 0.3) is 10.9 Å². The van der Waals surface area contributed by atoms with Crippen molar-refractivity contribution in [1.82, 2.24) is 4.98 Å². The quantitative estimate of drug-likeness (QED) is 0.767. The Morgan fingerprint density at radius 3 is 2.59 bits per heavy atom. The van der Waals surface area contributed by atoms with Crippen LogP contribution in [0.3, 0.4) is 0 Å². The van der Waals surface area contributed by atoms with Gasteiger partial charge in [-0.3, -0.25) is 0 Å². The van der Waals surface area contributed by atoms with Gasteiger partial charge >= 0.3 is 6.36 Å². The number of halogens is 3. The fourth-order valence-corrected chi connectivity index (χ4v) is 1.39. The number of hydrogen-bond acceptors (Lipinski definition) is 3. The number of alkyl halides is 3. The molecule has 0 fully saturated rings. The van der Waals surface area contributed by atoms with Gasteiger partial charge in [-0.2, -0.15) is 5.26 Å². The first-order chi connectivity index (χ1) is 7.99. The zero-order valence-electron chi connectivity index (χ0n) is 8.32. The third kappa shape index (κ3) is 2.45. The molecule has 2 aromatic rings. The second-order valence-corrected chi connectivity index (χ2v) is 3.18. The third-order valence-electron chi connectivity index (χ3n) is 2.02. The van der Waals surface area contributed by atoms with E-state index in [0.717, 1.165) is 6.07 Å². The number of ether oxygens (including phenoxy) is 1. The minimum absolute atomic E-state index is 0.0175. The van der Waals surface area contributed by atoms with Crippen LogP contribution in [0.15, 0.2) is 30.3 Å². The molecule has 2 rings (SSSR count). The van der Waals surface area contributed by atoms with Crippen LogP contribution in [-0.2, 0) is 0 Å². The van der Waals surface area contributed by atoms with E-state index in [1.807, 2.05) is 0 Å². The predicted molar refractivity (Wildman–Crippen MR) is 53.1 cm³/mol. The van der Waals surface area contributed by atoms with Gasteiger partial charge in [-0.15, -0.1) is 13.2 Å². The maximum absolute atomic E-state index is 12.1. The summed E-state index contributed by atoms with van der Waals surface area (Å²) >= 11 is 0. The average molecular weight is 238 g/mol. The first kappa shape index (κ1) is 11.2. The molecule has 0 bridgehead atoms. The number of hydrogen-bond donors (Lipinski definition) is 0. The normalized spacial score (nSPS) is 11.2. The lowest BCUT2D eigenvalue weighted by Gasteiger charge is -2.10. The van der Waals surface area contributed by atoms with Crippen LogP contribution in [0.2, 0.25) is 0 Å². The van der Waals surface area contributed by atoms with Gasteiger partial charge in [0.25, 0.3) is 0 Å². The average Bonchev–Trinajstić information content (AvgIpc) is 2.27. The molecule has 0 saturated carbocycles. The van der Waals surface area contributed by atoms with Crippen molar-refractivity contribution in [2.75, 3.05) is 0 Å². The molecule has 0 aliphatic carbocycles. The summed E-state index contributed by atoms with van der Waals surface area (Å²) in [6.07, 6.45) is -4.78. The van der Waals surface area contributed by atoms with Gasteiger partial charge in [0.15, 0.2) is 5.75 Å². The van der Waals surface area contributed by atoms with E-state index in [-0.39, 0.29) is 11.2 Å². The molecule has 0 amide bonds. The molecular weight excluding hydrogens is 233 g/mol. The van der Waals surface area contributed by atoms with Crippen molar-refractivity contribution in [3.8, 4) is 11.8 Å². The van der Waals surface area contributed by atoms with Crippen LogP contribution >= 0.6 is 0 Å². The highest BCUT2D eigenvalue weighted by Gasteiger charge is 2.32. The molecule has 0 radical (unpaired) electrons. The van der Waals surface area contributed by atoms with Gasteiger partial charge in [-0.25, -0.2) is 4.98 Å². The van der Waals surface area contributed by atoms with Crippen molar-refractivity contribution < 1.29 is 17.9 Å². The molecule has 0 N–H and O–H groups in total. The molecule has 1 aromatic carbocycles. The zero-order valence-corrected chi connectivity index (χ0v) is 8.32. The van der Waals surface area contributed by atoms with Crippen molar-refractivity contribution >= 4 is 10.9 Å².